The lowest BCUT2D eigenvalue weighted by Gasteiger charge is -2.39. The van der Waals surface area contributed by atoms with Gasteiger partial charge in [0.2, 0.25) is 0 Å². The van der Waals surface area contributed by atoms with Gasteiger partial charge in [-0.15, -0.1) is 0 Å². The first kappa shape index (κ1) is 18.5. The minimum atomic E-state index is -0.648. The topological polar surface area (TPSA) is 58.8 Å². The molecule has 2 aromatic carbocycles. The number of rotatable bonds is 4. The van der Waals surface area contributed by atoms with Gasteiger partial charge in [-0.05, 0) is 35.4 Å². The van der Waals surface area contributed by atoms with Crippen molar-refractivity contribution in [2.45, 2.75) is 25.0 Å². The zero-order valence-electron chi connectivity index (χ0n) is 16.7. The van der Waals surface area contributed by atoms with Gasteiger partial charge in [-0.1, -0.05) is 32.1 Å². The molecule has 6 nitrogen and oxygen atoms in total. The molecule has 2 aromatic rings. The Bertz CT molecular complexity index is 950. The summed E-state index contributed by atoms with van der Waals surface area (Å²) in [7, 11) is 4.04. The molecule has 0 aliphatic carbocycles. The van der Waals surface area contributed by atoms with Crippen molar-refractivity contribution in [1.29, 1.82) is 0 Å². The van der Waals surface area contributed by atoms with Crippen molar-refractivity contribution in [3.63, 3.8) is 0 Å². The van der Waals surface area contributed by atoms with Gasteiger partial charge in [-0.25, -0.2) is 0 Å². The molecule has 0 bridgehead atoms. The van der Waals surface area contributed by atoms with Crippen molar-refractivity contribution in [2.75, 3.05) is 37.0 Å². The van der Waals surface area contributed by atoms with Gasteiger partial charge in [-0.2, -0.15) is 0 Å². The van der Waals surface area contributed by atoms with E-state index >= 15 is 0 Å². The highest BCUT2D eigenvalue weighted by molar-refractivity contribution is 5.72. The van der Waals surface area contributed by atoms with Gasteiger partial charge in [-0.3, -0.25) is 10.1 Å². The number of non-ortho nitro benzene ring substituents is 1. The number of anilines is 2. The number of ether oxygens (including phenoxy) is 1. The number of hydrogen-bond acceptors (Lipinski definition) is 5. The molecule has 1 unspecified atom stereocenters. The predicted molar refractivity (Wildman–Crippen MR) is 112 cm³/mol. The Morgan fingerprint density at radius 3 is 2.54 bits per heavy atom. The monoisotopic (exact) mass is 379 g/mol. The molecule has 6 heteroatoms. The van der Waals surface area contributed by atoms with Crippen molar-refractivity contribution in [2.24, 2.45) is 0 Å². The molecule has 1 saturated heterocycles. The fraction of sp³-hybridized carbons (Fsp3) is 0.364. The Hall–Kier alpha value is -2.86. The van der Waals surface area contributed by atoms with Gasteiger partial charge in [0.05, 0.1) is 11.5 Å². The first-order valence-corrected chi connectivity index (χ1v) is 9.43. The van der Waals surface area contributed by atoms with Gasteiger partial charge in [0.15, 0.2) is 5.72 Å². The molecule has 0 saturated carbocycles. The van der Waals surface area contributed by atoms with Crippen LogP contribution >= 0.6 is 0 Å². The van der Waals surface area contributed by atoms with Crippen LogP contribution in [0.5, 0.6) is 0 Å². The summed E-state index contributed by atoms with van der Waals surface area (Å²) in [6, 6.07) is 13.5. The normalized spacial score (nSPS) is 22.4. The second-order valence-electron chi connectivity index (χ2n) is 8.10. The molecule has 2 aliphatic heterocycles. The average molecular weight is 379 g/mol. The fourth-order valence-electron chi connectivity index (χ4n) is 4.36. The standard InChI is InChI=1S/C22H25N3O3/c1-21(2)19-15-18(25(26)27)9-10-20(19)24-13-14-28-22(21,24)12-11-16-5-7-17(8-6-16)23(3)4/h5-12,15H,13-14H2,1-4H3. The highest BCUT2D eigenvalue weighted by Gasteiger charge is 2.59. The maximum atomic E-state index is 11.3. The van der Waals surface area contributed by atoms with Crippen LogP contribution in [0.1, 0.15) is 25.0 Å². The molecule has 2 aliphatic rings. The average Bonchev–Trinajstić information content (AvgIpc) is 3.17. The summed E-state index contributed by atoms with van der Waals surface area (Å²) in [5.41, 5.74) is 3.25. The van der Waals surface area contributed by atoms with Crippen LogP contribution in [-0.2, 0) is 10.2 Å². The van der Waals surface area contributed by atoms with Crippen LogP contribution < -0.4 is 9.80 Å². The smallest absolute Gasteiger partial charge is 0.269 e. The van der Waals surface area contributed by atoms with E-state index in [-0.39, 0.29) is 10.6 Å². The molecule has 146 valence electrons. The summed E-state index contributed by atoms with van der Waals surface area (Å²) in [6.07, 6.45) is 4.19. The quantitative estimate of drug-likeness (QED) is 0.589. The maximum absolute atomic E-state index is 11.3. The molecule has 1 fully saturated rings. The van der Waals surface area contributed by atoms with Crippen molar-refractivity contribution in [1.82, 2.24) is 0 Å². The zero-order valence-corrected chi connectivity index (χ0v) is 16.7. The van der Waals surface area contributed by atoms with Crippen molar-refractivity contribution < 1.29 is 9.66 Å². The van der Waals surface area contributed by atoms with E-state index in [2.05, 4.69) is 60.1 Å². The van der Waals surface area contributed by atoms with Gasteiger partial charge >= 0.3 is 0 Å². The molecule has 0 N–H and O–H groups in total. The highest BCUT2D eigenvalue weighted by atomic mass is 16.6. The molecule has 28 heavy (non-hydrogen) atoms. The number of fused-ring (bicyclic) bond motifs is 3. The Kier molecular flexibility index (Phi) is 4.19. The minimum Gasteiger partial charge on any atom is -0.378 e. The summed E-state index contributed by atoms with van der Waals surface area (Å²) in [6.45, 7) is 5.59. The number of hydrogen-bond donors (Lipinski definition) is 0. The first-order chi connectivity index (χ1) is 13.3. The Balaban J connectivity index is 1.74. The van der Waals surface area contributed by atoms with Crippen LogP contribution in [0.15, 0.2) is 48.5 Å². The van der Waals surface area contributed by atoms with E-state index in [4.69, 9.17) is 4.74 Å². The second kappa shape index (κ2) is 6.34. The summed E-state index contributed by atoms with van der Waals surface area (Å²) in [4.78, 5) is 15.2. The van der Waals surface area contributed by atoms with Crippen molar-refractivity contribution in [3.05, 3.63) is 69.8 Å². The molecule has 1 atom stereocenters. The lowest BCUT2D eigenvalue weighted by molar-refractivity contribution is -0.384. The van der Waals surface area contributed by atoms with Crippen molar-refractivity contribution >= 4 is 23.1 Å². The van der Waals surface area contributed by atoms with Crippen molar-refractivity contribution in [3.8, 4) is 0 Å². The third-order valence-corrected chi connectivity index (χ3v) is 6.00. The number of nitrogens with zero attached hydrogens (tertiary/aromatic N) is 3. The lowest BCUT2D eigenvalue weighted by Crippen LogP contribution is -2.51. The van der Waals surface area contributed by atoms with Gasteiger partial charge < -0.3 is 14.5 Å². The first-order valence-electron chi connectivity index (χ1n) is 9.43. The number of nitro benzene ring substituents is 1. The Labute approximate surface area is 165 Å². The lowest BCUT2D eigenvalue weighted by atomic mass is 9.77. The van der Waals surface area contributed by atoms with Gasteiger partial charge in [0.1, 0.15) is 0 Å². The third kappa shape index (κ3) is 2.59. The third-order valence-electron chi connectivity index (χ3n) is 6.00. The molecule has 2 heterocycles. The minimum absolute atomic E-state index is 0.117. The number of benzene rings is 2. The van der Waals surface area contributed by atoms with Crippen LogP contribution in [0.2, 0.25) is 0 Å². The predicted octanol–water partition coefficient (Wildman–Crippen LogP) is 4.20. The molecule has 0 amide bonds. The molecule has 0 aromatic heterocycles. The van der Waals surface area contributed by atoms with Crippen LogP contribution in [0, 0.1) is 10.1 Å². The largest absolute Gasteiger partial charge is 0.378 e. The highest BCUT2D eigenvalue weighted by Crippen LogP contribution is 2.55. The maximum Gasteiger partial charge on any atom is 0.269 e. The van der Waals surface area contributed by atoms with Gasteiger partial charge in [0, 0.05) is 49.6 Å². The van der Waals surface area contributed by atoms with Crippen LogP contribution in [-0.4, -0.2) is 37.9 Å². The summed E-state index contributed by atoms with van der Waals surface area (Å²) < 4.78 is 6.31. The fourth-order valence-corrected chi connectivity index (χ4v) is 4.36. The molecule has 0 radical (unpaired) electrons. The van der Waals surface area contributed by atoms with E-state index in [1.54, 1.807) is 12.1 Å². The Morgan fingerprint density at radius 2 is 1.89 bits per heavy atom. The van der Waals surface area contributed by atoms with E-state index in [1.165, 1.54) is 0 Å². The van der Waals surface area contributed by atoms with Crippen LogP contribution in [0.25, 0.3) is 6.08 Å². The molecule has 4 rings (SSSR count). The summed E-state index contributed by atoms with van der Waals surface area (Å²) in [5, 5.41) is 11.3. The SMILES string of the molecule is CN(C)c1ccc(C=CC23OCCN2c2ccc([N+](=O)[O-])cc2C3(C)C)cc1. The number of nitro groups is 1. The Morgan fingerprint density at radius 1 is 1.18 bits per heavy atom. The van der Waals surface area contributed by atoms with Crippen LogP contribution in [0.3, 0.4) is 0 Å². The summed E-state index contributed by atoms with van der Waals surface area (Å²) >= 11 is 0. The molecular formula is C22H25N3O3. The van der Waals surface area contributed by atoms with Gasteiger partial charge in [0.25, 0.3) is 5.69 Å². The summed E-state index contributed by atoms with van der Waals surface area (Å²) in [5.74, 6) is 0. The van der Waals surface area contributed by atoms with E-state index in [0.717, 1.165) is 29.0 Å². The molecule has 0 spiro atoms. The van der Waals surface area contributed by atoms with E-state index in [9.17, 15) is 10.1 Å². The van der Waals surface area contributed by atoms with E-state index in [0.29, 0.717) is 6.61 Å². The zero-order chi connectivity index (χ0) is 20.1. The van der Waals surface area contributed by atoms with E-state index in [1.807, 2.05) is 20.2 Å². The molecular weight excluding hydrogens is 354 g/mol. The van der Waals surface area contributed by atoms with E-state index < -0.39 is 11.1 Å². The van der Waals surface area contributed by atoms with Crippen LogP contribution in [0.4, 0.5) is 17.1 Å². The second-order valence-corrected chi connectivity index (χ2v) is 8.10.